The van der Waals surface area contributed by atoms with Gasteiger partial charge in [0.2, 0.25) is 0 Å². The highest BCUT2D eigenvalue weighted by Crippen LogP contribution is 2.26. The van der Waals surface area contributed by atoms with Gasteiger partial charge in [-0.15, -0.1) is 24.8 Å². The second-order valence-corrected chi connectivity index (χ2v) is 3.05. The Balaban J connectivity index is 0. The Morgan fingerprint density at radius 3 is 2.25 bits per heavy atom. The van der Waals surface area contributed by atoms with Gasteiger partial charge in [0.05, 0.1) is 0 Å². The SMILES string of the molecule is CCNC(O)C1CCCC1.Cl.Cl. The summed E-state index contributed by atoms with van der Waals surface area (Å²) < 4.78 is 0. The number of aliphatic hydroxyl groups excluding tert-OH is 1. The molecule has 0 aromatic carbocycles. The topological polar surface area (TPSA) is 32.3 Å². The maximum atomic E-state index is 9.44. The lowest BCUT2D eigenvalue weighted by Gasteiger charge is -2.17. The van der Waals surface area contributed by atoms with Gasteiger partial charge in [-0.1, -0.05) is 19.8 Å². The van der Waals surface area contributed by atoms with Crippen LogP contribution >= 0.6 is 24.8 Å². The molecule has 0 bridgehead atoms. The minimum absolute atomic E-state index is 0. The molecule has 0 radical (unpaired) electrons. The third-order valence-electron chi connectivity index (χ3n) is 2.26. The van der Waals surface area contributed by atoms with Gasteiger partial charge in [-0.2, -0.15) is 0 Å². The van der Waals surface area contributed by atoms with Crippen molar-refractivity contribution < 1.29 is 5.11 Å². The molecule has 76 valence electrons. The molecule has 1 atom stereocenters. The van der Waals surface area contributed by atoms with Gasteiger partial charge in [-0.05, 0) is 25.3 Å². The number of hydrogen-bond donors (Lipinski definition) is 2. The zero-order chi connectivity index (χ0) is 7.40. The molecule has 0 spiro atoms. The molecule has 0 aliphatic heterocycles. The van der Waals surface area contributed by atoms with Crippen molar-refractivity contribution in [2.45, 2.75) is 38.8 Å². The maximum absolute atomic E-state index is 9.44. The molecule has 4 heteroatoms. The molecular formula is C8H19Cl2NO. The van der Waals surface area contributed by atoms with Gasteiger partial charge in [-0.3, -0.25) is 5.32 Å². The summed E-state index contributed by atoms with van der Waals surface area (Å²) >= 11 is 0. The molecule has 2 N–H and O–H groups in total. The second kappa shape index (κ2) is 8.11. The Morgan fingerprint density at radius 2 is 1.83 bits per heavy atom. The Labute approximate surface area is 86.9 Å². The van der Waals surface area contributed by atoms with Crippen LogP contribution in [0.5, 0.6) is 0 Å². The van der Waals surface area contributed by atoms with Crippen LogP contribution in [-0.2, 0) is 0 Å². The Kier molecular flexibility index (Phi) is 10.1. The summed E-state index contributed by atoms with van der Waals surface area (Å²) in [6.07, 6.45) is 4.76. The smallest absolute Gasteiger partial charge is 0.107 e. The van der Waals surface area contributed by atoms with Crippen molar-refractivity contribution in [3.05, 3.63) is 0 Å². The number of nitrogens with one attached hydrogen (secondary N) is 1. The van der Waals surface area contributed by atoms with Crippen molar-refractivity contribution in [1.29, 1.82) is 0 Å². The molecule has 1 unspecified atom stereocenters. The first-order chi connectivity index (χ1) is 4.84. The van der Waals surface area contributed by atoms with Crippen molar-refractivity contribution in [2.24, 2.45) is 5.92 Å². The summed E-state index contributed by atoms with van der Waals surface area (Å²) in [6, 6.07) is 0. The molecular weight excluding hydrogens is 197 g/mol. The van der Waals surface area contributed by atoms with Gasteiger partial charge in [-0.25, -0.2) is 0 Å². The fraction of sp³-hybridized carbons (Fsp3) is 1.00. The van der Waals surface area contributed by atoms with E-state index in [9.17, 15) is 5.11 Å². The summed E-state index contributed by atoms with van der Waals surface area (Å²) in [5, 5.41) is 12.5. The van der Waals surface area contributed by atoms with Crippen LogP contribution in [0.4, 0.5) is 0 Å². The summed E-state index contributed by atoms with van der Waals surface area (Å²) in [7, 11) is 0. The predicted octanol–water partition coefficient (Wildman–Crippen LogP) is 1.95. The quantitative estimate of drug-likeness (QED) is 0.706. The number of halogens is 2. The fourth-order valence-corrected chi connectivity index (χ4v) is 1.65. The first-order valence-electron chi connectivity index (χ1n) is 4.26. The Morgan fingerprint density at radius 1 is 1.33 bits per heavy atom. The van der Waals surface area contributed by atoms with Crippen molar-refractivity contribution in [3.8, 4) is 0 Å². The van der Waals surface area contributed by atoms with Gasteiger partial charge in [0.25, 0.3) is 0 Å². The molecule has 1 aliphatic carbocycles. The lowest BCUT2D eigenvalue weighted by atomic mass is 10.1. The summed E-state index contributed by atoms with van der Waals surface area (Å²) in [4.78, 5) is 0. The van der Waals surface area contributed by atoms with Crippen LogP contribution in [0.1, 0.15) is 32.6 Å². The minimum atomic E-state index is -0.243. The van der Waals surface area contributed by atoms with Crippen molar-refractivity contribution in [2.75, 3.05) is 6.54 Å². The normalized spacial score (nSPS) is 19.5. The molecule has 2 nitrogen and oxygen atoms in total. The number of hydrogen-bond acceptors (Lipinski definition) is 2. The number of aliphatic hydroxyl groups is 1. The standard InChI is InChI=1S/C8H17NO.2ClH/c1-2-9-8(10)7-5-3-4-6-7;;/h7-10H,2-6H2,1H3;2*1H. The van der Waals surface area contributed by atoms with Gasteiger partial charge in [0.1, 0.15) is 6.23 Å². The van der Waals surface area contributed by atoms with E-state index in [0.29, 0.717) is 5.92 Å². The molecule has 12 heavy (non-hydrogen) atoms. The van der Waals surface area contributed by atoms with E-state index in [4.69, 9.17) is 0 Å². The largest absolute Gasteiger partial charge is 0.378 e. The zero-order valence-corrected chi connectivity index (χ0v) is 9.09. The lowest BCUT2D eigenvalue weighted by Crippen LogP contribution is -2.34. The minimum Gasteiger partial charge on any atom is -0.378 e. The first kappa shape index (κ1) is 15.0. The van der Waals surface area contributed by atoms with Gasteiger partial charge < -0.3 is 5.11 Å². The first-order valence-corrected chi connectivity index (χ1v) is 4.26. The third kappa shape index (κ3) is 4.51. The predicted molar refractivity (Wildman–Crippen MR) is 56.1 cm³/mol. The van der Waals surface area contributed by atoms with Gasteiger partial charge >= 0.3 is 0 Å². The van der Waals surface area contributed by atoms with Crippen molar-refractivity contribution in [1.82, 2.24) is 5.32 Å². The van der Waals surface area contributed by atoms with Crippen LogP contribution in [0.2, 0.25) is 0 Å². The highest BCUT2D eigenvalue weighted by molar-refractivity contribution is 5.85. The summed E-state index contributed by atoms with van der Waals surface area (Å²) in [5.74, 6) is 0.528. The van der Waals surface area contributed by atoms with Crippen LogP contribution in [0, 0.1) is 5.92 Å². The van der Waals surface area contributed by atoms with E-state index in [1.807, 2.05) is 6.92 Å². The van der Waals surface area contributed by atoms with Crippen LogP contribution in [0.3, 0.4) is 0 Å². The van der Waals surface area contributed by atoms with E-state index in [-0.39, 0.29) is 31.0 Å². The van der Waals surface area contributed by atoms with E-state index in [0.717, 1.165) is 6.54 Å². The van der Waals surface area contributed by atoms with Gasteiger partial charge in [0, 0.05) is 0 Å². The van der Waals surface area contributed by atoms with E-state index in [1.165, 1.54) is 25.7 Å². The number of rotatable bonds is 3. The molecule has 0 heterocycles. The van der Waals surface area contributed by atoms with Gasteiger partial charge in [0.15, 0.2) is 0 Å². The zero-order valence-electron chi connectivity index (χ0n) is 7.45. The molecule has 1 aliphatic rings. The highest BCUT2D eigenvalue weighted by Gasteiger charge is 2.21. The van der Waals surface area contributed by atoms with E-state index in [1.54, 1.807) is 0 Å². The lowest BCUT2D eigenvalue weighted by molar-refractivity contribution is 0.0794. The summed E-state index contributed by atoms with van der Waals surface area (Å²) in [5.41, 5.74) is 0. The van der Waals surface area contributed by atoms with E-state index in [2.05, 4.69) is 5.32 Å². The monoisotopic (exact) mass is 215 g/mol. The second-order valence-electron chi connectivity index (χ2n) is 3.05. The molecule has 0 amide bonds. The van der Waals surface area contributed by atoms with E-state index < -0.39 is 0 Å². The van der Waals surface area contributed by atoms with Crippen molar-refractivity contribution >= 4 is 24.8 Å². The molecule has 0 saturated heterocycles. The van der Waals surface area contributed by atoms with Crippen LogP contribution in [-0.4, -0.2) is 17.9 Å². The Hall–Kier alpha value is 0.500. The molecule has 0 aromatic rings. The maximum Gasteiger partial charge on any atom is 0.107 e. The fourth-order valence-electron chi connectivity index (χ4n) is 1.65. The summed E-state index contributed by atoms with van der Waals surface area (Å²) in [6.45, 7) is 2.90. The molecule has 1 rings (SSSR count). The average Bonchev–Trinajstić information content (AvgIpc) is 2.38. The van der Waals surface area contributed by atoms with Crippen LogP contribution in [0.25, 0.3) is 0 Å². The molecule has 1 fully saturated rings. The molecule has 0 aromatic heterocycles. The molecule has 1 saturated carbocycles. The average molecular weight is 216 g/mol. The van der Waals surface area contributed by atoms with E-state index >= 15 is 0 Å². The van der Waals surface area contributed by atoms with Crippen molar-refractivity contribution in [3.63, 3.8) is 0 Å². The highest BCUT2D eigenvalue weighted by atomic mass is 35.5. The van der Waals surface area contributed by atoms with Crippen LogP contribution < -0.4 is 5.32 Å². The van der Waals surface area contributed by atoms with Crippen LogP contribution in [0.15, 0.2) is 0 Å². The third-order valence-corrected chi connectivity index (χ3v) is 2.26. The Bertz CT molecular complexity index is 97.1.